The zero-order chi connectivity index (χ0) is 18.8. The second-order valence-corrected chi connectivity index (χ2v) is 3.87. The van der Waals surface area contributed by atoms with Crippen LogP contribution in [0.3, 0.4) is 0 Å². The number of nitrogens with zero attached hydrogens (tertiary/aromatic N) is 3. The van der Waals surface area contributed by atoms with Gasteiger partial charge in [0.25, 0.3) is 0 Å². The number of furan rings is 1. The second kappa shape index (κ2) is 18.1. The molecule has 0 aliphatic rings. The maximum absolute atomic E-state index is 5.61. The maximum atomic E-state index is 5.61. The number of hydrogen-bond donors (Lipinski definition) is 2. The Labute approximate surface area is 142 Å². The number of aryl methyl sites for hydroxylation is 1. The third kappa shape index (κ3) is 14.7. The zero-order valence-corrected chi connectivity index (χ0v) is 16.5. The summed E-state index contributed by atoms with van der Waals surface area (Å²) < 4.78 is 5.41. The summed E-state index contributed by atoms with van der Waals surface area (Å²) in [5, 5.41) is 0. The van der Waals surface area contributed by atoms with Crippen molar-refractivity contribution < 1.29 is 4.42 Å². The summed E-state index contributed by atoms with van der Waals surface area (Å²) >= 11 is 0. The van der Waals surface area contributed by atoms with Gasteiger partial charge in [-0.3, -0.25) is 4.99 Å². The molecule has 0 saturated carbocycles. The Balaban J connectivity index is -0.000000595. The minimum absolute atomic E-state index is 0.180. The van der Waals surface area contributed by atoms with Gasteiger partial charge < -0.3 is 20.8 Å². The summed E-state index contributed by atoms with van der Waals surface area (Å²) in [6.07, 6.45) is 0.700. The molecule has 1 aromatic heterocycles. The molecule has 1 aromatic rings. The van der Waals surface area contributed by atoms with Crippen molar-refractivity contribution in [3.05, 3.63) is 23.7 Å². The zero-order valence-electron chi connectivity index (χ0n) is 16.5. The van der Waals surface area contributed by atoms with Crippen molar-refractivity contribution in [1.82, 2.24) is 4.90 Å². The Morgan fingerprint density at radius 3 is 1.96 bits per heavy atom. The maximum Gasteiger partial charge on any atom is 0.218 e. The Morgan fingerprint density at radius 1 is 1.04 bits per heavy atom. The van der Waals surface area contributed by atoms with Gasteiger partial charge in [0.15, 0.2) is 5.96 Å². The van der Waals surface area contributed by atoms with Crippen molar-refractivity contribution in [3.63, 3.8) is 0 Å². The van der Waals surface area contributed by atoms with Crippen molar-refractivity contribution in [3.8, 4) is 0 Å². The van der Waals surface area contributed by atoms with E-state index in [1.54, 1.807) is 19.0 Å². The highest BCUT2D eigenvalue weighted by atomic mass is 16.3. The molecule has 6 nitrogen and oxygen atoms in total. The van der Waals surface area contributed by atoms with E-state index in [2.05, 4.69) is 9.98 Å². The molecule has 0 atom stereocenters. The first kappa shape index (κ1) is 25.9. The fourth-order valence-electron chi connectivity index (χ4n) is 1.15. The molecule has 1 heterocycles. The third-order valence-corrected chi connectivity index (χ3v) is 2.12. The summed E-state index contributed by atoms with van der Waals surface area (Å²) in [4.78, 5) is 9.69. The van der Waals surface area contributed by atoms with Crippen LogP contribution in [-0.2, 0) is 6.42 Å². The van der Waals surface area contributed by atoms with Gasteiger partial charge in [0.2, 0.25) is 5.96 Å². The summed E-state index contributed by atoms with van der Waals surface area (Å²) in [6, 6.07) is 3.85. The van der Waals surface area contributed by atoms with Crippen LogP contribution in [0.4, 0.5) is 0 Å². The molecule has 0 fully saturated rings. The van der Waals surface area contributed by atoms with Gasteiger partial charge in [-0.25, -0.2) is 0 Å². The molecular formula is C17H37N5O. The Morgan fingerprint density at radius 2 is 1.57 bits per heavy atom. The van der Waals surface area contributed by atoms with E-state index in [0.717, 1.165) is 11.5 Å². The van der Waals surface area contributed by atoms with Gasteiger partial charge in [-0.15, -0.1) is 0 Å². The van der Waals surface area contributed by atoms with E-state index >= 15 is 0 Å². The van der Waals surface area contributed by atoms with Gasteiger partial charge in [0, 0.05) is 27.1 Å². The number of nitrogens with two attached hydrogens (primary N) is 2. The van der Waals surface area contributed by atoms with Crippen LogP contribution in [0.2, 0.25) is 0 Å². The highest BCUT2D eigenvalue weighted by Gasteiger charge is 1.99. The van der Waals surface area contributed by atoms with Crippen LogP contribution in [0, 0.1) is 6.92 Å². The lowest BCUT2D eigenvalue weighted by molar-refractivity contribution is 0.484. The summed E-state index contributed by atoms with van der Waals surface area (Å²) in [5.74, 6) is 2.30. The van der Waals surface area contributed by atoms with Gasteiger partial charge in [-0.2, -0.15) is 4.99 Å². The van der Waals surface area contributed by atoms with Crippen LogP contribution in [0.1, 0.15) is 53.1 Å². The smallest absolute Gasteiger partial charge is 0.218 e. The fourth-order valence-corrected chi connectivity index (χ4v) is 1.15. The van der Waals surface area contributed by atoms with Crippen LogP contribution >= 0.6 is 0 Å². The van der Waals surface area contributed by atoms with Gasteiger partial charge >= 0.3 is 0 Å². The van der Waals surface area contributed by atoms with Crippen molar-refractivity contribution in [2.24, 2.45) is 21.5 Å². The van der Waals surface area contributed by atoms with E-state index in [4.69, 9.17) is 15.9 Å². The quantitative estimate of drug-likeness (QED) is 0.657. The van der Waals surface area contributed by atoms with Crippen molar-refractivity contribution >= 4 is 11.9 Å². The van der Waals surface area contributed by atoms with Gasteiger partial charge in [0.05, 0.1) is 0 Å². The van der Waals surface area contributed by atoms with Crippen LogP contribution in [-0.4, -0.2) is 37.5 Å². The summed E-state index contributed by atoms with van der Waals surface area (Å²) in [7, 11) is 3.58. The van der Waals surface area contributed by atoms with Crippen LogP contribution in [0.25, 0.3) is 0 Å². The second-order valence-electron chi connectivity index (χ2n) is 3.87. The molecule has 23 heavy (non-hydrogen) atoms. The van der Waals surface area contributed by atoms with Crippen molar-refractivity contribution in [2.45, 2.75) is 54.9 Å². The number of aliphatic imine (C=N–C) groups is 2. The van der Waals surface area contributed by atoms with Crippen LogP contribution in [0.15, 0.2) is 26.5 Å². The molecule has 0 aliphatic heterocycles. The van der Waals surface area contributed by atoms with Crippen molar-refractivity contribution in [1.29, 1.82) is 0 Å². The molecule has 6 heteroatoms. The molecule has 0 spiro atoms. The molecule has 1 rings (SSSR count). The lowest BCUT2D eigenvalue weighted by atomic mass is 10.3. The molecule has 0 amide bonds. The van der Waals surface area contributed by atoms with E-state index in [9.17, 15) is 0 Å². The number of hydrogen-bond acceptors (Lipinski definition) is 2. The first-order chi connectivity index (χ1) is 11.0. The highest BCUT2D eigenvalue weighted by Crippen LogP contribution is 2.06. The fraction of sp³-hybridized carbons (Fsp3) is 0.647. The summed E-state index contributed by atoms with van der Waals surface area (Å²) in [5.41, 5.74) is 11.2. The third-order valence-electron chi connectivity index (χ3n) is 2.12. The average Bonchev–Trinajstić information content (AvgIpc) is 2.98. The highest BCUT2D eigenvalue weighted by molar-refractivity contribution is 5.93. The minimum atomic E-state index is 0.180. The van der Waals surface area contributed by atoms with Crippen LogP contribution in [0.5, 0.6) is 0 Å². The van der Waals surface area contributed by atoms with E-state index < -0.39 is 0 Å². The normalized spacial score (nSPS) is 10.3. The van der Waals surface area contributed by atoms with E-state index in [-0.39, 0.29) is 5.96 Å². The number of guanidine groups is 2. The SMILES string of the molecule is CC.CC.CC.Cc1ccc(CCN=C(N)/N=C(\N)N(C)C)o1. The molecule has 0 saturated heterocycles. The molecule has 0 unspecified atom stereocenters. The standard InChI is InChI=1S/C11H19N5O.3C2H6/c1-8-4-5-9(17-8)6-7-14-10(12)15-11(13)16(2)3;3*1-2/h4-5H,6-7H2,1-3H3,(H4,12,13,14,15);3*1-2H3. The van der Waals surface area contributed by atoms with E-state index in [0.29, 0.717) is 18.9 Å². The lowest BCUT2D eigenvalue weighted by Crippen LogP contribution is -2.32. The Hall–Kier alpha value is -1.98. The average molecular weight is 328 g/mol. The minimum Gasteiger partial charge on any atom is -0.466 e. The molecule has 0 aliphatic carbocycles. The molecule has 136 valence electrons. The first-order valence-corrected chi connectivity index (χ1v) is 8.35. The van der Waals surface area contributed by atoms with E-state index in [1.165, 1.54) is 0 Å². The molecular weight excluding hydrogens is 290 g/mol. The topological polar surface area (TPSA) is 93.1 Å². The first-order valence-electron chi connectivity index (χ1n) is 8.35. The van der Waals surface area contributed by atoms with E-state index in [1.807, 2.05) is 60.6 Å². The van der Waals surface area contributed by atoms with Gasteiger partial charge in [-0.05, 0) is 19.1 Å². The lowest BCUT2D eigenvalue weighted by Gasteiger charge is -2.09. The Bertz CT molecular complexity index is 422. The number of rotatable bonds is 3. The molecule has 0 radical (unpaired) electrons. The predicted molar refractivity (Wildman–Crippen MR) is 103 cm³/mol. The molecule has 0 bridgehead atoms. The van der Waals surface area contributed by atoms with Crippen molar-refractivity contribution in [2.75, 3.05) is 20.6 Å². The Kier molecular flexibility index (Phi) is 20.4. The predicted octanol–water partition coefficient (Wildman–Crippen LogP) is 3.40. The largest absolute Gasteiger partial charge is 0.466 e. The summed E-state index contributed by atoms with van der Waals surface area (Å²) in [6.45, 7) is 14.4. The van der Waals surface area contributed by atoms with Crippen LogP contribution < -0.4 is 11.5 Å². The van der Waals surface area contributed by atoms with Gasteiger partial charge in [0.1, 0.15) is 11.5 Å². The van der Waals surface area contributed by atoms with Gasteiger partial charge in [-0.1, -0.05) is 41.5 Å². The monoisotopic (exact) mass is 327 g/mol. The molecule has 4 N–H and O–H groups in total. The molecule has 0 aromatic carbocycles.